The molecule has 0 aromatic carbocycles. The molecule has 53 heavy (non-hydrogen) atoms. The Balaban J connectivity index is 0.000000188. The van der Waals surface area contributed by atoms with E-state index in [1.165, 1.54) is 44.9 Å². The lowest BCUT2D eigenvalue weighted by Crippen LogP contribution is -2.60. The highest BCUT2D eigenvalue weighted by Gasteiger charge is 2.60. The number of fused-ring (bicyclic) bond motifs is 2. The quantitative estimate of drug-likeness (QED) is 0.168. The first-order valence-corrected chi connectivity index (χ1v) is 20.5. The van der Waals surface area contributed by atoms with Gasteiger partial charge in [0.2, 0.25) is 0 Å². The van der Waals surface area contributed by atoms with Crippen molar-refractivity contribution in [3.8, 4) is 0 Å². The molecule has 0 radical (unpaired) electrons. The number of aliphatic hydroxyl groups is 1. The van der Waals surface area contributed by atoms with Gasteiger partial charge in [-0.25, -0.2) is 0 Å². The van der Waals surface area contributed by atoms with Gasteiger partial charge in [-0.3, -0.25) is 19.2 Å². The van der Waals surface area contributed by atoms with E-state index in [2.05, 4.69) is 25.5 Å². The molecule has 11 rings (SSSR count). The Labute approximate surface area is 322 Å². The summed E-state index contributed by atoms with van der Waals surface area (Å²) in [5.74, 6) is 6.20. The molecule has 8 nitrogen and oxygen atoms in total. The molecule has 10 saturated carbocycles. The number of rotatable bonds is 5. The van der Waals surface area contributed by atoms with Crippen LogP contribution in [-0.2, 0) is 33.4 Å². The highest BCUT2D eigenvalue weighted by molar-refractivity contribution is 5.95. The number of hydrogen-bond acceptors (Lipinski definition) is 8. The zero-order valence-electron chi connectivity index (χ0n) is 31.8. The molecule has 0 spiro atoms. The third-order valence-corrected chi connectivity index (χ3v) is 16.3. The van der Waals surface area contributed by atoms with Crippen LogP contribution in [0.15, 0.2) is 0 Å². The first-order chi connectivity index (χ1) is 23.5. The van der Waals surface area contributed by atoms with Gasteiger partial charge in [-0.05, 0) is 150 Å². The summed E-state index contributed by atoms with van der Waals surface area (Å²) in [5.41, 5.74) is -1.01. The van der Waals surface area contributed by atoms with Crippen LogP contribution in [0.1, 0.15) is 161 Å². The van der Waals surface area contributed by atoms with Crippen LogP contribution in [0.5, 0.6) is 0 Å². The van der Waals surface area contributed by atoms with Crippen molar-refractivity contribution in [1.29, 1.82) is 0 Å². The Bertz CT molecular complexity index is 1290. The van der Waals surface area contributed by atoms with Gasteiger partial charge in [0.05, 0.1) is 29.3 Å². The van der Waals surface area contributed by atoms with E-state index in [0.717, 1.165) is 62.2 Å². The molecule has 10 unspecified atom stereocenters. The van der Waals surface area contributed by atoms with Crippen LogP contribution in [0.4, 0.5) is 0 Å². The SMILES string of the molecule is C.C.C.CC1C(=O)OC(=O)C1C.CC1C2CC(C(=O)OC3(C)C4CC5CC(C4)CC3C5)C(C2)C1C.CCC(C)C(=O)OC12CC3CC(CC(O)(C3)C1)C2. The van der Waals surface area contributed by atoms with Gasteiger partial charge in [0, 0.05) is 6.42 Å². The standard InChI is InChI=1S/C21H32O2.C15H24O3.C6H8O3.3CH4/c1-11-12(2)18-9-15(11)10-19(18)20(22)23-21(3)16-5-13-4-14(7-16)8-17(21)6-13;1-3-10(2)13(16)18-15-7-11-4-12(8-15)6-14(17,5-11)9-15;1-3-4(2)6(8)9-5(3)7;;;/h11-19H,4-10H2,1-3H3;10-12,17H,3-9H2,1-2H3;3-4H,1-2H3;3*1H4. The lowest BCUT2D eigenvalue weighted by molar-refractivity contribution is -0.222. The van der Waals surface area contributed by atoms with Gasteiger partial charge in [0.1, 0.15) is 11.2 Å². The van der Waals surface area contributed by atoms with E-state index in [0.29, 0.717) is 41.9 Å². The largest absolute Gasteiger partial charge is 0.459 e. The van der Waals surface area contributed by atoms with Crippen molar-refractivity contribution in [2.45, 2.75) is 177 Å². The van der Waals surface area contributed by atoms with Gasteiger partial charge >= 0.3 is 23.9 Å². The summed E-state index contributed by atoms with van der Waals surface area (Å²) in [6, 6.07) is 0. The lowest BCUT2D eigenvalue weighted by Gasteiger charge is -2.59. The first kappa shape index (κ1) is 43.8. The fourth-order valence-corrected chi connectivity index (χ4v) is 13.2. The molecule has 0 amide bonds. The van der Waals surface area contributed by atoms with E-state index in [1.54, 1.807) is 13.8 Å². The molecular formula is C45H76O8. The van der Waals surface area contributed by atoms with Gasteiger partial charge in [-0.1, -0.05) is 63.8 Å². The van der Waals surface area contributed by atoms with Crippen molar-refractivity contribution in [2.75, 3.05) is 0 Å². The van der Waals surface area contributed by atoms with Crippen molar-refractivity contribution in [1.82, 2.24) is 0 Å². The number of carbonyl (C=O) groups excluding carboxylic acids is 4. The van der Waals surface area contributed by atoms with E-state index < -0.39 is 17.5 Å². The molecule has 1 N–H and O–H groups in total. The second kappa shape index (κ2) is 15.9. The minimum atomic E-state index is -0.542. The Morgan fingerprint density at radius 1 is 0.755 bits per heavy atom. The smallest absolute Gasteiger partial charge is 0.317 e. The number of ether oxygens (including phenoxy) is 3. The average molecular weight is 745 g/mol. The van der Waals surface area contributed by atoms with Crippen molar-refractivity contribution < 1.29 is 38.5 Å². The van der Waals surface area contributed by atoms with Crippen molar-refractivity contribution in [3.05, 3.63) is 0 Å². The predicted molar refractivity (Wildman–Crippen MR) is 207 cm³/mol. The summed E-state index contributed by atoms with van der Waals surface area (Å²) >= 11 is 0. The molecule has 0 aromatic rings. The summed E-state index contributed by atoms with van der Waals surface area (Å²) in [7, 11) is 0. The van der Waals surface area contributed by atoms with Crippen molar-refractivity contribution in [2.24, 2.45) is 82.9 Å². The molecule has 304 valence electrons. The van der Waals surface area contributed by atoms with Gasteiger partial charge in [0.25, 0.3) is 0 Å². The second-order valence-corrected chi connectivity index (χ2v) is 19.5. The summed E-state index contributed by atoms with van der Waals surface area (Å²) in [4.78, 5) is 46.2. The van der Waals surface area contributed by atoms with E-state index >= 15 is 0 Å². The molecule has 11 aliphatic rings. The number of carbonyl (C=O) groups is 4. The predicted octanol–water partition coefficient (Wildman–Crippen LogP) is 9.58. The van der Waals surface area contributed by atoms with Crippen LogP contribution < -0.4 is 0 Å². The second-order valence-electron chi connectivity index (χ2n) is 19.5. The Kier molecular flexibility index (Phi) is 13.1. The van der Waals surface area contributed by atoms with E-state index in [-0.39, 0.29) is 69.1 Å². The average Bonchev–Trinajstić information content (AvgIpc) is 3.67. The summed E-state index contributed by atoms with van der Waals surface area (Å²) in [6.07, 6.45) is 15.6. The van der Waals surface area contributed by atoms with Gasteiger partial charge in [-0.2, -0.15) is 0 Å². The van der Waals surface area contributed by atoms with Gasteiger partial charge < -0.3 is 19.3 Å². The summed E-state index contributed by atoms with van der Waals surface area (Å²) in [6.45, 7) is 14.4. The zero-order valence-corrected chi connectivity index (χ0v) is 31.8. The molecule has 10 bridgehead atoms. The summed E-state index contributed by atoms with van der Waals surface area (Å²) < 4.78 is 16.6. The number of esters is 4. The molecule has 1 saturated heterocycles. The van der Waals surface area contributed by atoms with Gasteiger partial charge in [-0.15, -0.1) is 0 Å². The highest BCUT2D eigenvalue weighted by atomic mass is 16.6. The molecule has 8 heteroatoms. The molecule has 0 aromatic heterocycles. The zero-order chi connectivity index (χ0) is 35.9. The monoisotopic (exact) mass is 745 g/mol. The maximum atomic E-state index is 13.1. The maximum absolute atomic E-state index is 13.1. The maximum Gasteiger partial charge on any atom is 0.317 e. The van der Waals surface area contributed by atoms with E-state index in [1.807, 2.05) is 13.8 Å². The van der Waals surface area contributed by atoms with E-state index in [4.69, 9.17) is 9.47 Å². The van der Waals surface area contributed by atoms with E-state index in [9.17, 15) is 24.3 Å². The Hall–Kier alpha value is -1.96. The van der Waals surface area contributed by atoms with Crippen LogP contribution in [0.3, 0.4) is 0 Å². The molecule has 1 aliphatic heterocycles. The van der Waals surface area contributed by atoms with Crippen LogP contribution in [0.25, 0.3) is 0 Å². The fraction of sp³-hybridized carbons (Fsp3) is 0.911. The molecule has 10 atom stereocenters. The molecular weight excluding hydrogens is 668 g/mol. The fourth-order valence-electron chi connectivity index (χ4n) is 13.2. The van der Waals surface area contributed by atoms with Gasteiger partial charge in [0.15, 0.2) is 0 Å². The third-order valence-electron chi connectivity index (χ3n) is 16.3. The van der Waals surface area contributed by atoms with Crippen LogP contribution in [-0.4, -0.2) is 45.8 Å². The molecule has 10 aliphatic carbocycles. The summed E-state index contributed by atoms with van der Waals surface area (Å²) in [5, 5.41) is 10.6. The number of cyclic esters (lactones) is 2. The minimum absolute atomic E-state index is 0. The Morgan fingerprint density at radius 2 is 1.26 bits per heavy atom. The molecule has 1 heterocycles. The molecule has 11 fully saturated rings. The highest BCUT2D eigenvalue weighted by Crippen LogP contribution is 2.61. The van der Waals surface area contributed by atoms with Crippen LogP contribution >= 0.6 is 0 Å². The van der Waals surface area contributed by atoms with Crippen molar-refractivity contribution in [3.63, 3.8) is 0 Å². The van der Waals surface area contributed by atoms with Crippen LogP contribution in [0.2, 0.25) is 0 Å². The first-order valence-electron chi connectivity index (χ1n) is 20.5. The van der Waals surface area contributed by atoms with Crippen LogP contribution in [0, 0.1) is 82.9 Å². The third kappa shape index (κ3) is 8.01. The lowest BCUT2D eigenvalue weighted by atomic mass is 9.50. The number of hydrogen-bond donors (Lipinski definition) is 1. The normalized spacial score (nSPS) is 47.7. The minimum Gasteiger partial charge on any atom is -0.459 e. The van der Waals surface area contributed by atoms with Crippen molar-refractivity contribution >= 4 is 23.9 Å². The Morgan fingerprint density at radius 3 is 1.68 bits per heavy atom. The topological polar surface area (TPSA) is 116 Å².